The Hall–Kier alpha value is -1.89. The highest BCUT2D eigenvalue weighted by Crippen LogP contribution is 2.13. The quantitative estimate of drug-likeness (QED) is 0.739. The first-order chi connectivity index (χ1) is 9.31. The summed E-state index contributed by atoms with van der Waals surface area (Å²) in [5, 5.41) is 2.62. The van der Waals surface area contributed by atoms with Gasteiger partial charge in [0.2, 0.25) is 15.9 Å². The van der Waals surface area contributed by atoms with Gasteiger partial charge in [-0.1, -0.05) is 0 Å². The van der Waals surface area contributed by atoms with E-state index in [-0.39, 0.29) is 24.5 Å². The monoisotopic (exact) mass is 298 g/mol. The summed E-state index contributed by atoms with van der Waals surface area (Å²) in [6.45, 7) is 2.35. The topological polar surface area (TPSA) is 92.3 Å². The van der Waals surface area contributed by atoms with Gasteiger partial charge in [-0.2, -0.15) is 0 Å². The molecule has 0 saturated carbocycles. The van der Waals surface area contributed by atoms with Crippen molar-refractivity contribution < 1.29 is 18.0 Å². The Morgan fingerprint density at radius 2 is 1.70 bits per heavy atom. The van der Waals surface area contributed by atoms with Crippen LogP contribution in [0.25, 0.3) is 0 Å². The van der Waals surface area contributed by atoms with Gasteiger partial charge < -0.3 is 5.32 Å². The molecule has 0 heterocycles. The van der Waals surface area contributed by atoms with Crippen molar-refractivity contribution in [1.29, 1.82) is 0 Å². The van der Waals surface area contributed by atoms with E-state index in [0.717, 1.165) is 6.26 Å². The summed E-state index contributed by atoms with van der Waals surface area (Å²) in [7, 11) is -3.33. The summed E-state index contributed by atoms with van der Waals surface area (Å²) < 4.78 is 24.4. The van der Waals surface area contributed by atoms with Crippen molar-refractivity contribution in [3.63, 3.8) is 0 Å². The van der Waals surface area contributed by atoms with Crippen molar-refractivity contribution in [3.8, 4) is 0 Å². The number of nitrogens with one attached hydrogen (secondary N) is 2. The molecule has 0 aromatic heterocycles. The maximum Gasteiger partial charge on any atom is 0.229 e. The van der Waals surface area contributed by atoms with Crippen molar-refractivity contribution in [2.75, 3.05) is 17.5 Å². The van der Waals surface area contributed by atoms with E-state index in [2.05, 4.69) is 10.0 Å². The van der Waals surface area contributed by atoms with Gasteiger partial charge in [0.25, 0.3) is 0 Å². The largest absolute Gasteiger partial charge is 0.356 e. The molecule has 0 spiro atoms. The van der Waals surface area contributed by atoms with E-state index in [1.54, 1.807) is 0 Å². The molecule has 1 rings (SSSR count). The number of hydrogen-bond acceptors (Lipinski definition) is 4. The van der Waals surface area contributed by atoms with Crippen LogP contribution in [0.4, 0.5) is 5.69 Å². The van der Waals surface area contributed by atoms with E-state index < -0.39 is 10.0 Å². The molecule has 0 unspecified atom stereocenters. The fraction of sp³-hybridized carbons (Fsp3) is 0.385. The number of sulfonamides is 1. The van der Waals surface area contributed by atoms with Crippen LogP contribution in [0.1, 0.15) is 30.1 Å². The molecule has 1 aromatic rings. The highest BCUT2D eigenvalue weighted by molar-refractivity contribution is 7.92. The predicted molar refractivity (Wildman–Crippen MR) is 77.2 cm³/mol. The van der Waals surface area contributed by atoms with Crippen LogP contribution in [0.15, 0.2) is 24.3 Å². The highest BCUT2D eigenvalue weighted by Gasteiger charge is 2.09. The van der Waals surface area contributed by atoms with E-state index >= 15 is 0 Å². The Bertz CT molecular complexity index is 579. The van der Waals surface area contributed by atoms with Gasteiger partial charge in [-0.15, -0.1) is 0 Å². The number of carbonyl (C=O) groups is 2. The number of Topliss-reactive ketones (excluding diaryl/α,β-unsaturated/α-hetero) is 1. The predicted octanol–water partition coefficient (Wildman–Crippen LogP) is 1.16. The van der Waals surface area contributed by atoms with E-state index in [9.17, 15) is 18.0 Å². The molecule has 20 heavy (non-hydrogen) atoms. The minimum Gasteiger partial charge on any atom is -0.356 e. The van der Waals surface area contributed by atoms with Gasteiger partial charge in [-0.25, -0.2) is 8.42 Å². The van der Waals surface area contributed by atoms with E-state index in [0.29, 0.717) is 17.8 Å². The minimum absolute atomic E-state index is 0.130. The van der Waals surface area contributed by atoms with E-state index in [1.807, 2.05) is 6.92 Å². The molecular weight excluding hydrogens is 280 g/mol. The third kappa shape index (κ3) is 5.83. The number of carbonyl (C=O) groups excluding carboxylic acids is 2. The first-order valence-corrected chi connectivity index (χ1v) is 8.08. The molecule has 0 radical (unpaired) electrons. The summed E-state index contributed by atoms with van der Waals surface area (Å²) in [5.41, 5.74) is 0.848. The SMILES string of the molecule is CCNC(=O)CCC(=O)c1ccc(NS(C)(=O)=O)cc1. The van der Waals surface area contributed by atoms with Crippen LogP contribution in [0, 0.1) is 0 Å². The summed E-state index contributed by atoms with van der Waals surface area (Å²) >= 11 is 0. The van der Waals surface area contributed by atoms with Crippen LogP contribution in [0.3, 0.4) is 0 Å². The van der Waals surface area contributed by atoms with Crippen LogP contribution in [0.5, 0.6) is 0 Å². The lowest BCUT2D eigenvalue weighted by Crippen LogP contribution is -2.23. The first-order valence-electron chi connectivity index (χ1n) is 6.19. The van der Waals surface area contributed by atoms with Gasteiger partial charge in [0, 0.05) is 30.6 Å². The number of hydrogen-bond donors (Lipinski definition) is 2. The molecule has 0 aliphatic heterocycles. The van der Waals surface area contributed by atoms with Crippen LogP contribution in [0.2, 0.25) is 0 Å². The maximum absolute atomic E-state index is 11.8. The van der Waals surface area contributed by atoms with E-state index in [4.69, 9.17) is 0 Å². The minimum atomic E-state index is -3.33. The lowest BCUT2D eigenvalue weighted by Gasteiger charge is -2.05. The van der Waals surface area contributed by atoms with Crippen molar-refractivity contribution in [3.05, 3.63) is 29.8 Å². The molecule has 1 amide bonds. The second-order valence-electron chi connectivity index (χ2n) is 4.33. The average Bonchev–Trinajstić information content (AvgIpc) is 2.35. The lowest BCUT2D eigenvalue weighted by atomic mass is 10.1. The average molecular weight is 298 g/mol. The first kappa shape index (κ1) is 16.2. The third-order valence-electron chi connectivity index (χ3n) is 2.46. The molecule has 0 aliphatic carbocycles. The number of anilines is 1. The molecule has 2 N–H and O–H groups in total. The number of amides is 1. The van der Waals surface area contributed by atoms with Crippen LogP contribution in [-0.2, 0) is 14.8 Å². The third-order valence-corrected chi connectivity index (χ3v) is 3.07. The molecule has 0 fully saturated rings. The maximum atomic E-state index is 11.8. The van der Waals surface area contributed by atoms with Gasteiger partial charge in [0.15, 0.2) is 5.78 Å². The molecule has 1 aromatic carbocycles. The molecule has 6 nitrogen and oxygen atoms in total. The highest BCUT2D eigenvalue weighted by atomic mass is 32.2. The van der Waals surface area contributed by atoms with Crippen molar-refractivity contribution in [2.45, 2.75) is 19.8 Å². The van der Waals surface area contributed by atoms with Crippen molar-refractivity contribution >= 4 is 27.4 Å². The molecule has 0 bridgehead atoms. The Kier molecular flexibility index (Phi) is 5.69. The molecule has 110 valence electrons. The van der Waals surface area contributed by atoms with Crippen LogP contribution < -0.4 is 10.0 Å². The van der Waals surface area contributed by atoms with E-state index in [1.165, 1.54) is 24.3 Å². The summed E-state index contributed by atoms with van der Waals surface area (Å²) in [4.78, 5) is 23.1. The zero-order valence-electron chi connectivity index (χ0n) is 11.5. The fourth-order valence-corrected chi connectivity index (χ4v) is 2.16. The number of ketones is 1. The summed E-state index contributed by atoms with van der Waals surface area (Å²) in [5.74, 6) is -0.307. The van der Waals surface area contributed by atoms with Gasteiger partial charge in [-0.3, -0.25) is 14.3 Å². The molecule has 0 atom stereocenters. The zero-order valence-corrected chi connectivity index (χ0v) is 12.3. The summed E-state index contributed by atoms with van der Waals surface area (Å²) in [6.07, 6.45) is 1.33. The molecule has 7 heteroatoms. The molecular formula is C13H18N2O4S. The van der Waals surface area contributed by atoms with Gasteiger partial charge in [-0.05, 0) is 31.2 Å². The second-order valence-corrected chi connectivity index (χ2v) is 6.08. The Morgan fingerprint density at radius 1 is 1.10 bits per heavy atom. The smallest absolute Gasteiger partial charge is 0.229 e. The normalized spacial score (nSPS) is 10.9. The zero-order chi connectivity index (χ0) is 15.2. The molecule has 0 saturated heterocycles. The van der Waals surface area contributed by atoms with Crippen molar-refractivity contribution in [2.24, 2.45) is 0 Å². The second kappa shape index (κ2) is 7.04. The van der Waals surface area contributed by atoms with Gasteiger partial charge in [0.05, 0.1) is 6.26 Å². The number of benzene rings is 1. The molecule has 0 aliphatic rings. The van der Waals surface area contributed by atoms with Crippen molar-refractivity contribution in [1.82, 2.24) is 5.32 Å². The van der Waals surface area contributed by atoms with Crippen LogP contribution >= 0.6 is 0 Å². The Morgan fingerprint density at radius 3 is 2.20 bits per heavy atom. The number of rotatable bonds is 7. The Balaban J connectivity index is 2.60. The fourth-order valence-electron chi connectivity index (χ4n) is 1.60. The van der Waals surface area contributed by atoms with Crippen LogP contribution in [-0.4, -0.2) is 32.9 Å². The van der Waals surface area contributed by atoms with Gasteiger partial charge in [0.1, 0.15) is 0 Å². The van der Waals surface area contributed by atoms with Gasteiger partial charge >= 0.3 is 0 Å². The lowest BCUT2D eigenvalue weighted by molar-refractivity contribution is -0.120. The standard InChI is InChI=1S/C13H18N2O4S/c1-3-14-13(17)9-8-12(16)10-4-6-11(7-5-10)15-20(2,18)19/h4-7,15H,3,8-9H2,1-2H3,(H,14,17). The summed E-state index contributed by atoms with van der Waals surface area (Å²) in [6, 6.07) is 6.10. The Labute approximate surface area is 118 Å².